The van der Waals surface area contributed by atoms with E-state index in [4.69, 9.17) is 0 Å². The lowest BCUT2D eigenvalue weighted by Crippen LogP contribution is -2.53. The maximum absolute atomic E-state index is 14.6. The number of hydrogen-bond donors (Lipinski definition) is 1. The third-order valence-electron chi connectivity index (χ3n) is 5.71. The van der Waals surface area contributed by atoms with Crippen LogP contribution >= 0.6 is 0 Å². The molecule has 33 heavy (non-hydrogen) atoms. The number of carbonyl (C=O) groups is 1. The third kappa shape index (κ3) is 5.68. The average Bonchev–Trinajstić information content (AvgIpc) is 3.31. The molecule has 1 unspecified atom stereocenters. The molecule has 1 aliphatic heterocycles. The zero-order chi connectivity index (χ0) is 23.3. The van der Waals surface area contributed by atoms with Crippen molar-refractivity contribution in [2.75, 3.05) is 32.7 Å². The normalized spacial score (nSPS) is 16.8. The van der Waals surface area contributed by atoms with Crippen LogP contribution in [0.4, 0.5) is 8.78 Å². The molecule has 1 aliphatic rings. The van der Waals surface area contributed by atoms with Gasteiger partial charge in [0.2, 0.25) is 5.91 Å². The van der Waals surface area contributed by atoms with Crippen LogP contribution in [-0.4, -0.2) is 68.3 Å². The Hall–Kier alpha value is -3.43. The maximum atomic E-state index is 14.6. The maximum Gasteiger partial charge on any atom is 0.246 e. The lowest BCUT2D eigenvalue weighted by molar-refractivity contribution is -0.128. The fraction of sp³-hybridized carbons (Fsp3) is 0.292. The highest BCUT2D eigenvalue weighted by molar-refractivity contribution is 5.91. The van der Waals surface area contributed by atoms with E-state index >= 15 is 0 Å². The topological polar surface area (TPSA) is 74.5 Å². The molecular formula is C24H25F2N5O2. The Morgan fingerprint density at radius 1 is 1.06 bits per heavy atom. The zero-order valence-electron chi connectivity index (χ0n) is 18.0. The van der Waals surface area contributed by atoms with Gasteiger partial charge in [-0.15, -0.1) is 0 Å². The predicted octanol–water partition coefficient (Wildman–Crippen LogP) is 2.30. The molecule has 1 N–H and O–H groups in total. The Kier molecular flexibility index (Phi) is 6.90. The Labute approximate surface area is 190 Å². The Bertz CT molecular complexity index is 1100. The van der Waals surface area contributed by atoms with Gasteiger partial charge in [0.05, 0.1) is 6.54 Å². The lowest BCUT2D eigenvalue weighted by Gasteiger charge is -2.39. The zero-order valence-corrected chi connectivity index (χ0v) is 18.0. The van der Waals surface area contributed by atoms with Gasteiger partial charge in [-0.1, -0.05) is 36.4 Å². The van der Waals surface area contributed by atoms with Gasteiger partial charge < -0.3 is 10.0 Å². The number of rotatable bonds is 7. The minimum atomic E-state index is -1.66. The standard InChI is InChI=1S/C24H25F2N5O2/c25-20-7-8-21(22(26)14-20)24(33,16-31-18-27-17-28-31)15-29-10-12-30(13-11-29)23(32)9-6-19-4-2-1-3-5-19/h1-9,14,17-18,33H,10-13,15-16H2. The summed E-state index contributed by atoms with van der Waals surface area (Å²) in [6.45, 7) is 2.01. The van der Waals surface area contributed by atoms with Crippen molar-refractivity contribution in [3.8, 4) is 0 Å². The number of hydrogen-bond acceptors (Lipinski definition) is 5. The number of piperazine rings is 1. The summed E-state index contributed by atoms with van der Waals surface area (Å²) in [5.41, 5.74) is -0.724. The van der Waals surface area contributed by atoms with Crippen molar-refractivity contribution >= 4 is 12.0 Å². The highest BCUT2D eigenvalue weighted by Crippen LogP contribution is 2.28. The van der Waals surface area contributed by atoms with Crippen LogP contribution in [0.2, 0.25) is 0 Å². The number of aliphatic hydroxyl groups is 1. The first-order valence-electron chi connectivity index (χ1n) is 10.7. The Morgan fingerprint density at radius 2 is 1.82 bits per heavy atom. The van der Waals surface area contributed by atoms with Gasteiger partial charge in [0.15, 0.2) is 0 Å². The van der Waals surface area contributed by atoms with Crippen molar-refractivity contribution in [1.82, 2.24) is 24.6 Å². The molecule has 7 nitrogen and oxygen atoms in total. The first-order chi connectivity index (χ1) is 15.9. The molecule has 4 rings (SSSR count). The molecule has 1 fully saturated rings. The molecule has 0 radical (unpaired) electrons. The van der Waals surface area contributed by atoms with Crippen LogP contribution < -0.4 is 0 Å². The van der Waals surface area contributed by atoms with Crippen molar-refractivity contribution in [1.29, 1.82) is 0 Å². The quantitative estimate of drug-likeness (QED) is 0.556. The Morgan fingerprint density at radius 3 is 2.48 bits per heavy atom. The highest BCUT2D eigenvalue weighted by Gasteiger charge is 2.36. The summed E-state index contributed by atoms with van der Waals surface area (Å²) in [6, 6.07) is 12.7. The summed E-state index contributed by atoms with van der Waals surface area (Å²) in [4.78, 5) is 20.1. The molecule has 172 valence electrons. The van der Waals surface area contributed by atoms with Crippen LogP contribution in [0.15, 0.2) is 67.3 Å². The fourth-order valence-electron chi connectivity index (χ4n) is 4.00. The average molecular weight is 453 g/mol. The monoisotopic (exact) mass is 453 g/mol. The van der Waals surface area contributed by atoms with Crippen molar-refractivity contribution < 1.29 is 18.7 Å². The smallest absolute Gasteiger partial charge is 0.246 e. The second kappa shape index (κ2) is 10.0. The van der Waals surface area contributed by atoms with E-state index in [9.17, 15) is 18.7 Å². The van der Waals surface area contributed by atoms with E-state index in [1.54, 1.807) is 17.1 Å². The molecule has 0 bridgehead atoms. The number of carbonyl (C=O) groups excluding carboxylic acids is 1. The van der Waals surface area contributed by atoms with E-state index in [1.165, 1.54) is 23.4 Å². The van der Waals surface area contributed by atoms with Crippen LogP contribution in [0.25, 0.3) is 6.08 Å². The van der Waals surface area contributed by atoms with Crippen LogP contribution in [0.1, 0.15) is 11.1 Å². The van der Waals surface area contributed by atoms with Gasteiger partial charge in [0, 0.05) is 50.4 Å². The van der Waals surface area contributed by atoms with E-state index in [0.717, 1.165) is 17.7 Å². The van der Waals surface area contributed by atoms with Gasteiger partial charge in [-0.2, -0.15) is 5.10 Å². The second-order valence-electron chi connectivity index (χ2n) is 8.09. The Balaban J connectivity index is 1.42. The largest absolute Gasteiger partial charge is 0.382 e. The van der Waals surface area contributed by atoms with Gasteiger partial charge >= 0.3 is 0 Å². The van der Waals surface area contributed by atoms with E-state index in [-0.39, 0.29) is 24.6 Å². The molecule has 3 aromatic rings. The van der Waals surface area contributed by atoms with Gasteiger partial charge in [-0.3, -0.25) is 9.69 Å². The minimum absolute atomic E-state index is 0.0105. The molecule has 2 aromatic carbocycles. The summed E-state index contributed by atoms with van der Waals surface area (Å²) in [5.74, 6) is -1.62. The molecule has 0 spiro atoms. The van der Waals surface area contributed by atoms with Crippen molar-refractivity contribution in [3.05, 3.63) is 90.0 Å². The van der Waals surface area contributed by atoms with E-state index in [2.05, 4.69) is 10.1 Å². The summed E-state index contributed by atoms with van der Waals surface area (Å²) >= 11 is 0. The molecule has 2 heterocycles. The third-order valence-corrected chi connectivity index (χ3v) is 5.71. The summed E-state index contributed by atoms with van der Waals surface area (Å²) in [6.07, 6.45) is 6.10. The first-order valence-corrected chi connectivity index (χ1v) is 10.7. The number of β-amino-alcohol motifs (C(OH)–C–C–N with tert-alkyl or cyclic N) is 1. The first kappa shape index (κ1) is 22.8. The predicted molar refractivity (Wildman–Crippen MR) is 119 cm³/mol. The molecule has 1 aromatic heterocycles. The van der Waals surface area contributed by atoms with Crippen molar-refractivity contribution in [2.45, 2.75) is 12.1 Å². The van der Waals surface area contributed by atoms with E-state index in [0.29, 0.717) is 26.2 Å². The SMILES string of the molecule is O=C(C=Cc1ccccc1)N1CCN(CC(O)(Cn2cncn2)c2ccc(F)cc2F)CC1. The van der Waals surface area contributed by atoms with Gasteiger partial charge in [-0.05, 0) is 17.7 Å². The fourth-order valence-corrected chi connectivity index (χ4v) is 4.00. The van der Waals surface area contributed by atoms with Gasteiger partial charge in [0.1, 0.15) is 29.9 Å². The van der Waals surface area contributed by atoms with Crippen LogP contribution in [0, 0.1) is 11.6 Å². The minimum Gasteiger partial charge on any atom is -0.382 e. The molecular weight excluding hydrogens is 428 g/mol. The van der Waals surface area contributed by atoms with Crippen LogP contribution in [0.5, 0.6) is 0 Å². The summed E-state index contributed by atoms with van der Waals surface area (Å²) in [7, 11) is 0. The molecule has 1 saturated heterocycles. The van der Waals surface area contributed by atoms with E-state index in [1.807, 2.05) is 35.2 Å². The molecule has 9 heteroatoms. The highest BCUT2D eigenvalue weighted by atomic mass is 19.1. The molecule has 0 saturated carbocycles. The summed E-state index contributed by atoms with van der Waals surface area (Å²) < 4.78 is 29.5. The molecule has 1 atom stereocenters. The van der Waals surface area contributed by atoms with Crippen molar-refractivity contribution in [2.24, 2.45) is 0 Å². The number of aromatic nitrogens is 3. The number of benzene rings is 2. The van der Waals surface area contributed by atoms with E-state index < -0.39 is 17.2 Å². The second-order valence-corrected chi connectivity index (χ2v) is 8.09. The molecule has 0 aliphatic carbocycles. The number of amides is 1. The number of nitrogens with zero attached hydrogens (tertiary/aromatic N) is 5. The van der Waals surface area contributed by atoms with Crippen LogP contribution in [0.3, 0.4) is 0 Å². The van der Waals surface area contributed by atoms with Crippen LogP contribution in [-0.2, 0) is 16.9 Å². The number of halogens is 2. The molecule has 1 amide bonds. The van der Waals surface area contributed by atoms with Gasteiger partial charge in [-0.25, -0.2) is 18.4 Å². The summed E-state index contributed by atoms with van der Waals surface area (Å²) in [5, 5.41) is 15.5. The van der Waals surface area contributed by atoms with Crippen molar-refractivity contribution in [3.63, 3.8) is 0 Å². The lowest BCUT2D eigenvalue weighted by atomic mass is 9.92. The van der Waals surface area contributed by atoms with Gasteiger partial charge in [0.25, 0.3) is 0 Å².